The van der Waals surface area contributed by atoms with Gasteiger partial charge in [0.25, 0.3) is 0 Å². The van der Waals surface area contributed by atoms with Crippen molar-refractivity contribution in [1.29, 1.82) is 0 Å². The highest BCUT2D eigenvalue weighted by Crippen LogP contribution is 2.32. The molecule has 2 aromatic heterocycles. The first kappa shape index (κ1) is 33.9. The summed E-state index contributed by atoms with van der Waals surface area (Å²) in [5, 5.41) is 4.32. The molecule has 2 aromatic carbocycles. The van der Waals surface area contributed by atoms with Crippen molar-refractivity contribution in [1.82, 2.24) is 9.97 Å². The minimum Gasteiger partial charge on any atom is -0.396 e. The van der Waals surface area contributed by atoms with Crippen molar-refractivity contribution in [3.05, 3.63) is 93.7 Å². The number of rotatable bonds is 9. The van der Waals surface area contributed by atoms with Gasteiger partial charge < -0.3 is 20.5 Å². The molecule has 0 amide bonds. The molecule has 3 N–H and O–H groups in total. The Balaban J connectivity index is 0.000000257. The predicted octanol–water partition coefficient (Wildman–Crippen LogP) is 8.76. The number of halogens is 4. The van der Waals surface area contributed by atoms with Gasteiger partial charge in [-0.3, -0.25) is 4.79 Å². The number of carbonyl (C=O) groups is 1. The molecular weight excluding hydrogens is 597 g/mol. The topological polar surface area (TPSA) is 99.4 Å². The number of nitrogens with zero attached hydrogens (tertiary/aromatic N) is 2. The Labute approximate surface area is 260 Å². The second kappa shape index (κ2) is 15.2. The van der Waals surface area contributed by atoms with Gasteiger partial charge >= 0.3 is 0 Å². The van der Waals surface area contributed by atoms with Gasteiger partial charge in [-0.25, -0.2) is 18.7 Å². The van der Waals surface area contributed by atoms with Gasteiger partial charge in [0, 0.05) is 39.9 Å². The number of nitrogens with one attached hydrogen (secondary N) is 1. The highest BCUT2D eigenvalue weighted by Gasteiger charge is 2.23. The fourth-order valence-electron chi connectivity index (χ4n) is 3.91. The maximum Gasteiger partial charge on any atom is 0.201 e. The summed E-state index contributed by atoms with van der Waals surface area (Å²) in [4.78, 5) is 19.0. The third-order valence-corrected chi connectivity index (χ3v) is 6.23. The molecule has 11 heteroatoms. The van der Waals surface area contributed by atoms with Crippen molar-refractivity contribution in [2.24, 2.45) is 0 Å². The van der Waals surface area contributed by atoms with Crippen LogP contribution in [0.3, 0.4) is 0 Å². The molecule has 0 bridgehead atoms. The van der Waals surface area contributed by atoms with Crippen molar-refractivity contribution in [2.45, 2.75) is 46.4 Å². The summed E-state index contributed by atoms with van der Waals surface area (Å²) < 4.78 is 40.2. The van der Waals surface area contributed by atoms with Crippen LogP contribution in [0.25, 0.3) is 22.5 Å². The van der Waals surface area contributed by atoms with E-state index in [0.717, 1.165) is 0 Å². The summed E-state index contributed by atoms with van der Waals surface area (Å²) in [5.41, 5.74) is 7.44. The number of pyridine rings is 2. The third kappa shape index (κ3) is 9.43. The normalized spacial score (nSPS) is 11.2. The number of hydrogen-bond acceptors (Lipinski definition) is 7. The molecule has 4 rings (SSSR count). The van der Waals surface area contributed by atoms with Crippen molar-refractivity contribution in [3.8, 4) is 22.5 Å². The minimum absolute atomic E-state index is 0.0452. The summed E-state index contributed by atoms with van der Waals surface area (Å²) in [7, 11) is 0. The van der Waals surface area contributed by atoms with E-state index in [2.05, 4.69) is 15.3 Å². The molecule has 0 radical (unpaired) electrons. The van der Waals surface area contributed by atoms with E-state index >= 15 is 4.39 Å². The van der Waals surface area contributed by atoms with Gasteiger partial charge in [-0.05, 0) is 71.0 Å². The SMILES string of the molecule is CCOC(OCC)c1cc(NC(C)(C)C)c(F)c(-c2ccc(Cl)cc2)n1.Nc1cc(C=O)nc(-c2ccc(Cl)cc2)c1F. The molecular formula is C32H34Cl2F2N4O3. The lowest BCUT2D eigenvalue weighted by Gasteiger charge is -2.25. The molecule has 0 atom stereocenters. The summed E-state index contributed by atoms with van der Waals surface area (Å²) in [6.07, 6.45) is -0.132. The highest BCUT2D eigenvalue weighted by atomic mass is 35.5. The lowest BCUT2D eigenvalue weighted by atomic mass is 10.1. The number of nitrogens with two attached hydrogens (primary N) is 1. The van der Waals surface area contributed by atoms with E-state index in [0.29, 0.717) is 52.1 Å². The van der Waals surface area contributed by atoms with Crippen LogP contribution in [0.4, 0.5) is 20.2 Å². The number of ether oxygens (including phenoxy) is 2. The molecule has 0 aliphatic carbocycles. The Hall–Kier alpha value is -3.63. The zero-order chi connectivity index (χ0) is 31.7. The summed E-state index contributed by atoms with van der Waals surface area (Å²) in [5.74, 6) is -1.06. The van der Waals surface area contributed by atoms with Crippen LogP contribution < -0.4 is 11.1 Å². The van der Waals surface area contributed by atoms with Crippen LogP contribution in [-0.2, 0) is 9.47 Å². The molecule has 0 unspecified atom stereocenters. The first-order valence-corrected chi connectivity index (χ1v) is 14.3. The van der Waals surface area contributed by atoms with E-state index in [-0.39, 0.29) is 28.3 Å². The fourth-order valence-corrected chi connectivity index (χ4v) is 4.17. The minimum atomic E-state index is -0.655. The van der Waals surface area contributed by atoms with Crippen molar-refractivity contribution in [2.75, 3.05) is 24.3 Å². The number of hydrogen-bond donors (Lipinski definition) is 2. The van der Waals surface area contributed by atoms with E-state index in [9.17, 15) is 9.18 Å². The number of benzene rings is 2. The Morgan fingerprint density at radius 3 is 1.79 bits per heavy atom. The van der Waals surface area contributed by atoms with E-state index in [1.807, 2.05) is 34.6 Å². The van der Waals surface area contributed by atoms with E-state index in [1.165, 1.54) is 6.07 Å². The zero-order valence-electron chi connectivity index (χ0n) is 24.6. The number of aromatic nitrogens is 2. The van der Waals surface area contributed by atoms with E-state index in [4.69, 9.17) is 38.4 Å². The zero-order valence-corrected chi connectivity index (χ0v) is 26.1. The van der Waals surface area contributed by atoms with Gasteiger partial charge in [0.1, 0.15) is 17.1 Å². The molecule has 0 saturated heterocycles. The van der Waals surface area contributed by atoms with E-state index in [1.54, 1.807) is 54.6 Å². The largest absolute Gasteiger partial charge is 0.396 e. The van der Waals surface area contributed by atoms with Crippen LogP contribution in [0.2, 0.25) is 10.0 Å². The lowest BCUT2D eigenvalue weighted by Crippen LogP contribution is -2.27. The van der Waals surface area contributed by atoms with Gasteiger partial charge in [0.05, 0.1) is 17.1 Å². The number of anilines is 2. The third-order valence-electron chi connectivity index (χ3n) is 5.73. The summed E-state index contributed by atoms with van der Waals surface area (Å²) in [6, 6.07) is 16.2. The molecule has 43 heavy (non-hydrogen) atoms. The number of aldehydes is 1. The quantitative estimate of drug-likeness (QED) is 0.141. The Morgan fingerprint density at radius 1 is 0.860 bits per heavy atom. The van der Waals surface area contributed by atoms with Crippen LogP contribution >= 0.6 is 23.2 Å². The first-order valence-electron chi connectivity index (χ1n) is 13.5. The smallest absolute Gasteiger partial charge is 0.201 e. The highest BCUT2D eigenvalue weighted by molar-refractivity contribution is 6.30. The van der Waals surface area contributed by atoms with Gasteiger partial charge in [-0.2, -0.15) is 0 Å². The first-order chi connectivity index (χ1) is 20.4. The van der Waals surface area contributed by atoms with Crippen LogP contribution in [-0.4, -0.2) is 35.0 Å². The molecule has 228 valence electrons. The molecule has 0 fully saturated rings. The van der Waals surface area contributed by atoms with Crippen LogP contribution in [0.5, 0.6) is 0 Å². The van der Waals surface area contributed by atoms with Gasteiger partial charge in [-0.1, -0.05) is 47.5 Å². The molecule has 0 saturated carbocycles. The summed E-state index contributed by atoms with van der Waals surface area (Å²) >= 11 is 11.7. The second-order valence-corrected chi connectivity index (χ2v) is 11.2. The van der Waals surface area contributed by atoms with Crippen molar-refractivity contribution in [3.63, 3.8) is 0 Å². The van der Waals surface area contributed by atoms with E-state index < -0.39 is 17.9 Å². The Morgan fingerprint density at radius 2 is 1.35 bits per heavy atom. The Bertz CT molecular complexity index is 1520. The monoisotopic (exact) mass is 630 g/mol. The molecule has 4 aromatic rings. The molecule has 0 aliphatic heterocycles. The Kier molecular flexibility index (Phi) is 12.0. The molecule has 0 spiro atoms. The average Bonchev–Trinajstić information content (AvgIpc) is 2.96. The van der Waals surface area contributed by atoms with Crippen LogP contribution in [0, 0.1) is 11.6 Å². The number of nitrogen functional groups attached to an aromatic ring is 1. The second-order valence-electron chi connectivity index (χ2n) is 10.3. The maximum absolute atomic E-state index is 15.2. The fraction of sp³-hybridized carbons (Fsp3) is 0.281. The standard InChI is InChI=1S/C20H26ClFN2O2.C12H8ClFN2O/c1-6-25-19(26-7-2)16-12-15(24-20(3,4)5)17(22)18(23-16)13-8-10-14(21)11-9-13;13-8-3-1-7(2-4-8)12-11(14)10(15)5-9(6-17)16-12/h8-12,19H,6-7H2,1-5H3,(H,23,24);1-6H,(H2,15,16). The molecule has 7 nitrogen and oxygen atoms in total. The van der Waals surface area contributed by atoms with Gasteiger partial charge in [0.15, 0.2) is 17.9 Å². The lowest BCUT2D eigenvalue weighted by molar-refractivity contribution is -0.142. The summed E-state index contributed by atoms with van der Waals surface area (Å²) in [6.45, 7) is 10.6. The maximum atomic E-state index is 15.2. The van der Waals surface area contributed by atoms with Crippen LogP contribution in [0.15, 0.2) is 60.7 Å². The van der Waals surface area contributed by atoms with Crippen molar-refractivity contribution < 1.29 is 23.0 Å². The predicted molar refractivity (Wildman–Crippen MR) is 168 cm³/mol. The van der Waals surface area contributed by atoms with Crippen molar-refractivity contribution >= 4 is 40.9 Å². The number of carbonyl (C=O) groups excluding carboxylic acids is 1. The molecule has 0 aliphatic rings. The van der Waals surface area contributed by atoms with Crippen LogP contribution in [0.1, 0.15) is 57.1 Å². The van der Waals surface area contributed by atoms with Gasteiger partial charge in [-0.15, -0.1) is 0 Å². The molecule has 2 heterocycles. The van der Waals surface area contributed by atoms with Gasteiger partial charge in [0.2, 0.25) is 6.29 Å². The average molecular weight is 632 g/mol.